The van der Waals surface area contributed by atoms with E-state index in [1.165, 1.54) is 6.07 Å². The Kier molecular flexibility index (Phi) is 4.04. The van der Waals surface area contributed by atoms with Gasteiger partial charge in [-0.25, -0.2) is 0 Å². The van der Waals surface area contributed by atoms with Crippen LogP contribution in [0.5, 0.6) is 5.75 Å². The van der Waals surface area contributed by atoms with E-state index in [1.54, 1.807) is 0 Å². The number of aliphatic hydroxyl groups is 1. The van der Waals surface area contributed by atoms with Gasteiger partial charge in [-0.3, -0.25) is 9.69 Å². The maximum absolute atomic E-state index is 11.3. The molecule has 18 heavy (non-hydrogen) atoms. The maximum atomic E-state index is 11.3. The van der Waals surface area contributed by atoms with Gasteiger partial charge in [-0.1, -0.05) is 12.8 Å². The van der Waals surface area contributed by atoms with Crippen LogP contribution in [0, 0.1) is 0 Å². The molecule has 0 aliphatic heterocycles. The monoisotopic (exact) mass is 253 g/mol. The van der Waals surface area contributed by atoms with Crippen LogP contribution < -0.4 is 5.43 Å². The zero-order chi connectivity index (χ0) is 13.1. The molecular formula is C13H19NO4. The second kappa shape index (κ2) is 5.54. The summed E-state index contributed by atoms with van der Waals surface area (Å²) >= 11 is 0. The van der Waals surface area contributed by atoms with Crippen LogP contribution in [0.25, 0.3) is 0 Å². The van der Waals surface area contributed by atoms with E-state index in [9.17, 15) is 9.90 Å². The molecule has 2 N–H and O–H groups in total. The second-order valence-electron chi connectivity index (χ2n) is 4.93. The van der Waals surface area contributed by atoms with Gasteiger partial charge in [-0.2, -0.15) is 0 Å². The lowest BCUT2D eigenvalue weighted by Gasteiger charge is -2.34. The van der Waals surface area contributed by atoms with Crippen LogP contribution in [0.1, 0.15) is 31.4 Å². The summed E-state index contributed by atoms with van der Waals surface area (Å²) in [5.41, 5.74) is -0.436. The molecule has 1 aromatic rings. The molecule has 5 heteroatoms. The zero-order valence-corrected chi connectivity index (χ0v) is 10.5. The van der Waals surface area contributed by atoms with Gasteiger partial charge >= 0.3 is 0 Å². The Morgan fingerprint density at radius 3 is 2.83 bits per heavy atom. The summed E-state index contributed by atoms with van der Waals surface area (Å²) in [5.74, 6) is 0.122. The predicted octanol–water partition coefficient (Wildman–Crippen LogP) is 1.08. The molecule has 0 spiro atoms. The van der Waals surface area contributed by atoms with Gasteiger partial charge in [0.25, 0.3) is 0 Å². The van der Waals surface area contributed by atoms with Crippen molar-refractivity contribution in [1.29, 1.82) is 0 Å². The van der Waals surface area contributed by atoms with Gasteiger partial charge in [0.2, 0.25) is 5.43 Å². The van der Waals surface area contributed by atoms with Crippen molar-refractivity contribution in [3.63, 3.8) is 0 Å². The Bertz CT molecular complexity index is 457. The molecular weight excluding hydrogens is 234 g/mol. The van der Waals surface area contributed by atoms with E-state index in [4.69, 9.17) is 9.52 Å². The van der Waals surface area contributed by atoms with Crippen molar-refractivity contribution in [3.05, 3.63) is 28.3 Å². The Balaban J connectivity index is 2.03. The van der Waals surface area contributed by atoms with E-state index >= 15 is 0 Å². The van der Waals surface area contributed by atoms with Gasteiger partial charge in [0.05, 0.1) is 12.6 Å². The molecule has 0 saturated heterocycles. The molecule has 1 heterocycles. The quantitative estimate of drug-likeness (QED) is 0.843. The molecule has 1 aliphatic rings. The number of hydrogen-bond donors (Lipinski definition) is 2. The summed E-state index contributed by atoms with van der Waals surface area (Å²) in [6.45, 7) is 0.456. The molecule has 1 aromatic heterocycles. The third-order valence-corrected chi connectivity index (χ3v) is 3.53. The van der Waals surface area contributed by atoms with Gasteiger partial charge in [-0.15, -0.1) is 0 Å². The molecule has 0 amide bonds. The van der Waals surface area contributed by atoms with Gasteiger partial charge in [0.1, 0.15) is 12.0 Å². The van der Waals surface area contributed by atoms with Crippen LogP contribution in [0.2, 0.25) is 0 Å². The molecule has 0 bridgehead atoms. The minimum atomic E-state index is -0.436. The number of aromatic hydroxyl groups is 1. The number of aliphatic hydroxyl groups excluding tert-OH is 1. The Morgan fingerprint density at radius 1 is 1.44 bits per heavy atom. The Labute approximate surface area is 106 Å². The summed E-state index contributed by atoms with van der Waals surface area (Å²) in [5, 5.41) is 19.1. The summed E-state index contributed by atoms with van der Waals surface area (Å²) in [4.78, 5) is 13.3. The first-order valence-electron chi connectivity index (χ1n) is 6.27. The number of nitrogens with zero attached hydrogens (tertiary/aromatic N) is 1. The fourth-order valence-electron chi connectivity index (χ4n) is 2.50. The first-order valence-corrected chi connectivity index (χ1v) is 6.27. The van der Waals surface area contributed by atoms with Gasteiger partial charge in [0, 0.05) is 12.1 Å². The third-order valence-electron chi connectivity index (χ3n) is 3.53. The highest BCUT2D eigenvalue weighted by atomic mass is 16.4. The van der Waals surface area contributed by atoms with Crippen molar-refractivity contribution in [2.24, 2.45) is 0 Å². The third kappa shape index (κ3) is 2.91. The van der Waals surface area contributed by atoms with Crippen molar-refractivity contribution >= 4 is 0 Å². The highest BCUT2D eigenvalue weighted by Crippen LogP contribution is 2.23. The van der Waals surface area contributed by atoms with Crippen molar-refractivity contribution in [1.82, 2.24) is 4.90 Å². The van der Waals surface area contributed by atoms with Crippen molar-refractivity contribution < 1.29 is 14.6 Å². The maximum Gasteiger partial charge on any atom is 0.226 e. The molecule has 1 fully saturated rings. The zero-order valence-electron chi connectivity index (χ0n) is 10.5. The minimum absolute atomic E-state index is 0.109. The van der Waals surface area contributed by atoms with E-state index in [-0.39, 0.29) is 17.9 Å². The van der Waals surface area contributed by atoms with Gasteiger partial charge < -0.3 is 14.6 Å². The SMILES string of the molecule is CN(Cc1cc(=O)c(O)co1)C1CCCCC1O. The summed E-state index contributed by atoms with van der Waals surface area (Å²) in [6.07, 6.45) is 4.72. The molecule has 0 aromatic carbocycles. The fourth-order valence-corrected chi connectivity index (χ4v) is 2.50. The van der Waals surface area contributed by atoms with Crippen LogP contribution >= 0.6 is 0 Å². The van der Waals surface area contributed by atoms with E-state index < -0.39 is 5.43 Å². The van der Waals surface area contributed by atoms with Crippen LogP contribution in [-0.4, -0.2) is 34.3 Å². The average Bonchev–Trinajstić information content (AvgIpc) is 2.34. The second-order valence-corrected chi connectivity index (χ2v) is 4.93. The average molecular weight is 253 g/mol. The first kappa shape index (κ1) is 13.1. The van der Waals surface area contributed by atoms with E-state index in [1.807, 2.05) is 11.9 Å². The lowest BCUT2D eigenvalue weighted by atomic mass is 9.91. The normalized spacial score (nSPS) is 24.4. The molecule has 2 atom stereocenters. The number of hydrogen-bond acceptors (Lipinski definition) is 5. The molecule has 1 aliphatic carbocycles. The standard InChI is InChI=1S/C13H19NO4/c1-14(10-4-2-3-5-11(10)15)7-9-6-12(16)13(17)8-18-9/h6,8,10-11,15,17H,2-5,7H2,1H3. The van der Waals surface area contributed by atoms with E-state index in [2.05, 4.69) is 0 Å². The molecule has 1 saturated carbocycles. The van der Waals surface area contributed by atoms with Crippen LogP contribution in [0.4, 0.5) is 0 Å². The summed E-state index contributed by atoms with van der Waals surface area (Å²) in [6, 6.07) is 1.40. The minimum Gasteiger partial charge on any atom is -0.502 e. The van der Waals surface area contributed by atoms with Gasteiger partial charge in [0.15, 0.2) is 5.75 Å². The molecule has 2 rings (SSSR count). The molecule has 2 unspecified atom stereocenters. The lowest BCUT2D eigenvalue weighted by Crippen LogP contribution is -2.42. The number of rotatable bonds is 3. The van der Waals surface area contributed by atoms with E-state index in [0.717, 1.165) is 31.9 Å². The topological polar surface area (TPSA) is 73.9 Å². The predicted molar refractivity (Wildman–Crippen MR) is 66.4 cm³/mol. The summed E-state index contributed by atoms with van der Waals surface area (Å²) in [7, 11) is 1.91. The van der Waals surface area contributed by atoms with Crippen LogP contribution in [0.15, 0.2) is 21.5 Å². The lowest BCUT2D eigenvalue weighted by molar-refractivity contribution is 0.0260. The van der Waals surface area contributed by atoms with Gasteiger partial charge in [-0.05, 0) is 19.9 Å². The Morgan fingerprint density at radius 2 is 2.17 bits per heavy atom. The molecule has 5 nitrogen and oxygen atoms in total. The Hall–Kier alpha value is -1.33. The number of likely N-dealkylation sites (N-methyl/N-ethyl adjacent to an activating group) is 1. The van der Waals surface area contributed by atoms with Crippen LogP contribution in [-0.2, 0) is 6.54 Å². The first-order chi connectivity index (χ1) is 8.58. The highest BCUT2D eigenvalue weighted by Gasteiger charge is 2.26. The van der Waals surface area contributed by atoms with Crippen molar-refractivity contribution in [3.8, 4) is 5.75 Å². The fraction of sp³-hybridized carbons (Fsp3) is 0.615. The smallest absolute Gasteiger partial charge is 0.226 e. The van der Waals surface area contributed by atoms with Crippen LogP contribution in [0.3, 0.4) is 0 Å². The molecule has 0 radical (unpaired) electrons. The highest BCUT2D eigenvalue weighted by molar-refractivity contribution is 5.15. The molecule has 100 valence electrons. The van der Waals surface area contributed by atoms with Crippen molar-refractivity contribution in [2.75, 3.05) is 7.05 Å². The van der Waals surface area contributed by atoms with Crippen molar-refractivity contribution in [2.45, 2.75) is 44.4 Å². The summed E-state index contributed by atoms with van der Waals surface area (Å²) < 4.78 is 5.16. The van der Waals surface area contributed by atoms with E-state index in [0.29, 0.717) is 12.3 Å². The largest absolute Gasteiger partial charge is 0.502 e.